The van der Waals surface area contributed by atoms with Gasteiger partial charge >= 0.3 is 6.09 Å². The molecule has 0 radical (unpaired) electrons. The van der Waals surface area contributed by atoms with Gasteiger partial charge in [0.25, 0.3) is 0 Å². The van der Waals surface area contributed by atoms with Crippen LogP contribution in [0.15, 0.2) is 12.2 Å². The van der Waals surface area contributed by atoms with Gasteiger partial charge in [0.05, 0.1) is 6.04 Å². The van der Waals surface area contributed by atoms with Gasteiger partial charge in [-0.2, -0.15) is 0 Å². The molecule has 1 heterocycles. The van der Waals surface area contributed by atoms with Crippen LogP contribution in [0, 0.1) is 0 Å². The lowest BCUT2D eigenvalue weighted by molar-refractivity contribution is 0.00358. The van der Waals surface area contributed by atoms with Crippen molar-refractivity contribution in [1.29, 1.82) is 0 Å². The molecule has 0 bridgehead atoms. The van der Waals surface area contributed by atoms with Gasteiger partial charge in [-0.25, -0.2) is 4.79 Å². The van der Waals surface area contributed by atoms with Crippen LogP contribution in [0.2, 0.25) is 0 Å². The highest BCUT2D eigenvalue weighted by atomic mass is 16.6. The number of hydrogen-bond donors (Lipinski definition) is 0. The van der Waals surface area contributed by atoms with E-state index in [0.717, 1.165) is 19.3 Å². The van der Waals surface area contributed by atoms with Crippen molar-refractivity contribution >= 4 is 6.09 Å². The molecule has 1 aliphatic heterocycles. The average Bonchev–Trinajstić information content (AvgIpc) is 2.58. The van der Waals surface area contributed by atoms with Crippen LogP contribution in [-0.2, 0) is 4.74 Å². The molecule has 3 heteroatoms. The Balaban J connectivity index is 2.28. The van der Waals surface area contributed by atoms with E-state index in [2.05, 4.69) is 26.0 Å². The van der Waals surface area contributed by atoms with Crippen LogP contribution in [0.5, 0.6) is 0 Å². The number of likely N-dealkylation sites (tertiary alicyclic amines) is 1. The summed E-state index contributed by atoms with van der Waals surface area (Å²) >= 11 is 0. The number of carbonyl (C=O) groups is 1. The third-order valence-corrected chi connectivity index (χ3v) is 5.39. The van der Waals surface area contributed by atoms with Gasteiger partial charge < -0.3 is 4.74 Å². The minimum absolute atomic E-state index is 0.160. The summed E-state index contributed by atoms with van der Waals surface area (Å²) in [5.41, 5.74) is -0.431. The highest BCUT2D eigenvalue weighted by Gasteiger charge is 2.33. The molecule has 3 nitrogen and oxygen atoms in total. The summed E-state index contributed by atoms with van der Waals surface area (Å²) in [5.74, 6) is 0. The molecule has 0 aliphatic carbocycles. The minimum atomic E-state index is -0.431. The van der Waals surface area contributed by atoms with Crippen molar-refractivity contribution in [3.63, 3.8) is 0 Å². The Bertz CT molecular complexity index is 425. The number of allylic oxidation sites excluding steroid dienone is 1. The zero-order valence-electron chi connectivity index (χ0n) is 18.8. The fourth-order valence-electron chi connectivity index (χ4n) is 3.87. The van der Waals surface area contributed by atoms with Crippen LogP contribution in [0.3, 0.4) is 0 Å². The smallest absolute Gasteiger partial charge is 0.411 e. The normalized spacial score (nSPS) is 21.0. The molecule has 1 amide bonds. The van der Waals surface area contributed by atoms with Crippen molar-refractivity contribution < 1.29 is 9.53 Å². The van der Waals surface area contributed by atoms with E-state index in [9.17, 15) is 4.79 Å². The lowest BCUT2D eigenvalue weighted by Crippen LogP contribution is -2.49. The number of hydrogen-bond acceptors (Lipinski definition) is 2. The van der Waals surface area contributed by atoms with Gasteiger partial charge in [-0.1, -0.05) is 70.4 Å². The number of piperidine rings is 1. The Morgan fingerprint density at radius 2 is 1.59 bits per heavy atom. The summed E-state index contributed by atoms with van der Waals surface area (Å²) in [6.45, 7) is 10.2. The van der Waals surface area contributed by atoms with Crippen LogP contribution >= 0.6 is 0 Å². The van der Waals surface area contributed by atoms with Crippen LogP contribution in [0.1, 0.15) is 118 Å². The van der Waals surface area contributed by atoms with Crippen molar-refractivity contribution in [2.45, 2.75) is 136 Å². The Kier molecular flexibility index (Phi) is 11.8. The Labute approximate surface area is 168 Å². The first-order chi connectivity index (χ1) is 12.8. The molecule has 1 rings (SSSR count). The summed E-state index contributed by atoms with van der Waals surface area (Å²) in [6.07, 6.45) is 21.1. The molecule has 0 unspecified atom stereocenters. The predicted molar refractivity (Wildman–Crippen MR) is 116 cm³/mol. The molecule has 1 fully saturated rings. The minimum Gasteiger partial charge on any atom is -0.444 e. The maximum atomic E-state index is 12.6. The number of carbonyl (C=O) groups excluding carboxylic acids is 1. The molecular formula is C24H45NO2. The van der Waals surface area contributed by atoms with Gasteiger partial charge in [0.15, 0.2) is 0 Å². The molecule has 27 heavy (non-hydrogen) atoms. The number of ether oxygens (including phenoxy) is 1. The number of nitrogens with zero attached hydrogens (tertiary/aromatic N) is 1. The van der Waals surface area contributed by atoms with E-state index in [1.807, 2.05) is 25.7 Å². The first-order valence-electron chi connectivity index (χ1n) is 11.5. The van der Waals surface area contributed by atoms with E-state index in [4.69, 9.17) is 4.74 Å². The third-order valence-electron chi connectivity index (χ3n) is 5.39. The molecule has 158 valence electrons. The summed E-state index contributed by atoms with van der Waals surface area (Å²) in [6, 6.07) is 0.457. The zero-order valence-corrected chi connectivity index (χ0v) is 18.8. The molecular weight excluding hydrogens is 334 g/mol. The highest BCUT2D eigenvalue weighted by Crippen LogP contribution is 2.26. The number of rotatable bonds is 11. The van der Waals surface area contributed by atoms with Crippen LogP contribution < -0.4 is 0 Å². The monoisotopic (exact) mass is 379 g/mol. The van der Waals surface area contributed by atoms with Crippen molar-refractivity contribution in [2.75, 3.05) is 0 Å². The Morgan fingerprint density at radius 1 is 1.00 bits per heavy atom. The molecule has 0 aromatic rings. The topological polar surface area (TPSA) is 29.5 Å². The number of unbranched alkanes of at least 4 members (excludes halogenated alkanes) is 9. The van der Waals surface area contributed by atoms with Crippen LogP contribution in [0.25, 0.3) is 0 Å². The van der Waals surface area contributed by atoms with Crippen molar-refractivity contribution in [2.24, 2.45) is 0 Å². The summed E-state index contributed by atoms with van der Waals surface area (Å²) in [4.78, 5) is 14.6. The fraction of sp³-hybridized carbons (Fsp3) is 0.875. The molecule has 0 N–H and O–H groups in total. The van der Waals surface area contributed by atoms with Gasteiger partial charge in [-0.15, -0.1) is 0 Å². The third kappa shape index (κ3) is 10.8. The van der Waals surface area contributed by atoms with Crippen LogP contribution in [0.4, 0.5) is 4.79 Å². The predicted octanol–water partition coefficient (Wildman–Crippen LogP) is 7.64. The molecule has 0 aromatic carbocycles. The SMILES string of the molecule is CCCCCCCCCCC/C=C/[C@H]1CCC[C@H](C)N1C(=O)OC(C)(C)C. The second kappa shape index (κ2) is 13.2. The second-order valence-corrected chi connectivity index (χ2v) is 9.28. The summed E-state index contributed by atoms with van der Waals surface area (Å²) in [5, 5.41) is 0. The van der Waals surface area contributed by atoms with E-state index in [1.165, 1.54) is 64.2 Å². The van der Waals surface area contributed by atoms with Gasteiger partial charge in [0.2, 0.25) is 0 Å². The molecule has 0 aromatic heterocycles. The molecule has 0 spiro atoms. The number of amides is 1. The van der Waals surface area contributed by atoms with Crippen molar-refractivity contribution in [3.05, 3.63) is 12.2 Å². The second-order valence-electron chi connectivity index (χ2n) is 9.28. The molecule has 2 atom stereocenters. The lowest BCUT2D eigenvalue weighted by atomic mass is 9.96. The van der Waals surface area contributed by atoms with Gasteiger partial charge in [-0.05, 0) is 59.8 Å². The van der Waals surface area contributed by atoms with Gasteiger partial charge in [0.1, 0.15) is 5.60 Å². The van der Waals surface area contributed by atoms with Crippen LogP contribution in [-0.4, -0.2) is 28.7 Å². The fourth-order valence-corrected chi connectivity index (χ4v) is 3.87. The summed E-state index contributed by atoms with van der Waals surface area (Å²) < 4.78 is 5.64. The zero-order chi connectivity index (χ0) is 20.1. The average molecular weight is 380 g/mol. The van der Waals surface area contributed by atoms with E-state index in [0.29, 0.717) is 0 Å². The van der Waals surface area contributed by atoms with E-state index >= 15 is 0 Å². The maximum Gasteiger partial charge on any atom is 0.411 e. The Hall–Kier alpha value is -0.990. The Morgan fingerprint density at radius 3 is 2.19 bits per heavy atom. The molecule has 0 saturated carbocycles. The quantitative estimate of drug-likeness (QED) is 0.272. The van der Waals surface area contributed by atoms with Gasteiger partial charge in [0, 0.05) is 6.04 Å². The largest absolute Gasteiger partial charge is 0.444 e. The van der Waals surface area contributed by atoms with E-state index in [1.54, 1.807) is 0 Å². The molecule has 1 aliphatic rings. The van der Waals surface area contributed by atoms with Crippen molar-refractivity contribution in [3.8, 4) is 0 Å². The first-order valence-corrected chi connectivity index (χ1v) is 11.5. The van der Waals surface area contributed by atoms with E-state index in [-0.39, 0.29) is 18.2 Å². The first kappa shape index (κ1) is 24.0. The lowest BCUT2D eigenvalue weighted by Gasteiger charge is -2.40. The van der Waals surface area contributed by atoms with Gasteiger partial charge in [-0.3, -0.25) is 4.90 Å². The maximum absolute atomic E-state index is 12.6. The molecule has 1 saturated heterocycles. The summed E-state index contributed by atoms with van der Waals surface area (Å²) in [7, 11) is 0. The highest BCUT2D eigenvalue weighted by molar-refractivity contribution is 5.69. The van der Waals surface area contributed by atoms with E-state index < -0.39 is 5.60 Å². The van der Waals surface area contributed by atoms with Crippen molar-refractivity contribution in [1.82, 2.24) is 4.90 Å². The standard InChI is InChI=1S/C24H45NO2/c1-6-7-8-9-10-11-12-13-14-15-16-19-22-20-17-18-21(2)25(22)23(26)27-24(3,4)5/h16,19,21-22H,6-15,17-18,20H2,1-5H3/b19-16+/t21-,22-/m0/s1.